The van der Waals surface area contributed by atoms with Crippen molar-refractivity contribution in [2.75, 3.05) is 99.0 Å². The molecular weight excluding hydrogens is 1020 g/mol. The topological polar surface area (TPSA) is 306 Å². The van der Waals surface area contributed by atoms with E-state index in [9.17, 15) is 43.3 Å². The van der Waals surface area contributed by atoms with Gasteiger partial charge in [-0.15, -0.1) is 0 Å². The number of unbranched alkanes of at least 4 members (excludes halogenated alkanes) is 1. The van der Waals surface area contributed by atoms with E-state index in [1.165, 1.54) is 37.0 Å². The largest absolute Gasteiger partial charge is 0.508 e. The van der Waals surface area contributed by atoms with Crippen molar-refractivity contribution in [3.8, 4) is 23.0 Å². The van der Waals surface area contributed by atoms with Crippen LogP contribution in [0, 0.1) is 11.8 Å². The van der Waals surface area contributed by atoms with Gasteiger partial charge in [0.15, 0.2) is 5.60 Å². The highest BCUT2D eigenvalue weighted by Crippen LogP contribution is 2.57. The Balaban J connectivity index is 1.12. The summed E-state index contributed by atoms with van der Waals surface area (Å²) in [6.45, 7) is 7.29. The molecule has 1 amide bonds. The number of rotatable bonds is 37. The van der Waals surface area contributed by atoms with E-state index in [1.807, 2.05) is 13.8 Å². The highest BCUT2D eigenvalue weighted by Gasteiger charge is 2.54. The van der Waals surface area contributed by atoms with E-state index in [4.69, 9.17) is 56.8 Å². The molecule has 5 rings (SSSR count). The maximum atomic E-state index is 13.6. The quantitative estimate of drug-likeness (QED) is 0.0189. The second-order valence-electron chi connectivity index (χ2n) is 17.4. The van der Waals surface area contributed by atoms with Crippen molar-refractivity contribution in [2.45, 2.75) is 70.5 Å². The van der Waals surface area contributed by atoms with Gasteiger partial charge in [-0.3, -0.25) is 23.0 Å². The Morgan fingerprint density at radius 1 is 0.726 bits per heavy atom. The van der Waals surface area contributed by atoms with Crippen molar-refractivity contribution in [3.63, 3.8) is 0 Å². The number of esters is 1. The Bertz CT molecular complexity index is 2300. The van der Waals surface area contributed by atoms with Gasteiger partial charge in [-0.1, -0.05) is 39.2 Å². The van der Waals surface area contributed by atoms with E-state index in [2.05, 4.69) is 5.32 Å². The average molecular weight is 1090 g/mol. The number of fused-ring (bicyclic) bond motifs is 6. The standard InChI is InChI=1S/C48H71N2O20P3/c1-4-34(5-2)16-20-64-73(58,59)67-31-35(30-65-72(3,57)66-33-39(70-71(55)56)32-63-26-25-62-24-23-61-22-21-60-19-8-17-49)9-6-7-18-50-46(53)36-10-13-41-40(27-36)47(54)69-48(41)42-14-11-37(51)28-44(42)68-45-29-38(52)12-15-43(45)48/h10-15,27-29,34-35,39,51-52,71H,4-9,16-26,30-33,49H2,1-3H3,(H,50,53)(H,55,56)(H,58,59). The third-order valence-corrected chi connectivity index (χ3v) is 14.7. The van der Waals surface area contributed by atoms with Gasteiger partial charge in [0.05, 0.1) is 78.2 Å². The SMILES string of the molecule is CCC(CC)CCOP(=O)(O)OCC(CCCCNC(=O)c1ccc2c(c1)C(=O)OC21c2ccc(O)cc2Oc2cc(O)ccc21)COP(C)(=O)OCC(COCCOCCOCCOCCCN)O[PH](=O)O. The van der Waals surface area contributed by atoms with Crippen LogP contribution in [0.3, 0.4) is 0 Å². The number of aromatic hydroxyl groups is 2. The zero-order valence-corrected chi connectivity index (χ0v) is 44.4. The molecule has 0 saturated carbocycles. The van der Waals surface area contributed by atoms with Crippen LogP contribution in [0.4, 0.5) is 0 Å². The molecule has 408 valence electrons. The third kappa shape index (κ3) is 18.8. The molecule has 0 fully saturated rings. The van der Waals surface area contributed by atoms with Crippen LogP contribution >= 0.6 is 23.7 Å². The van der Waals surface area contributed by atoms with Crippen molar-refractivity contribution in [2.24, 2.45) is 17.6 Å². The maximum Gasteiger partial charge on any atom is 0.472 e. The normalized spacial score (nSPS) is 16.4. The number of benzene rings is 3. The highest BCUT2D eigenvalue weighted by atomic mass is 31.2. The van der Waals surface area contributed by atoms with E-state index in [-0.39, 0.29) is 80.3 Å². The first-order valence-electron chi connectivity index (χ1n) is 24.4. The smallest absolute Gasteiger partial charge is 0.472 e. The van der Waals surface area contributed by atoms with Crippen LogP contribution in [0.15, 0.2) is 54.6 Å². The monoisotopic (exact) mass is 1090 g/mol. The minimum Gasteiger partial charge on any atom is -0.508 e. The maximum absolute atomic E-state index is 13.6. The van der Waals surface area contributed by atoms with Crippen molar-refractivity contribution >= 4 is 35.5 Å². The Morgan fingerprint density at radius 2 is 1.32 bits per heavy atom. The van der Waals surface area contributed by atoms with Gasteiger partial charge < -0.3 is 73.0 Å². The average Bonchev–Trinajstić information content (AvgIpc) is 3.64. The van der Waals surface area contributed by atoms with Crippen molar-refractivity contribution in [1.82, 2.24) is 5.32 Å². The molecular formula is C48H71N2O20P3. The van der Waals surface area contributed by atoms with Gasteiger partial charge in [-0.2, -0.15) is 0 Å². The summed E-state index contributed by atoms with van der Waals surface area (Å²) in [7, 11) is -11.8. The number of nitrogens with one attached hydrogen (secondary N) is 1. The van der Waals surface area contributed by atoms with E-state index < -0.39 is 59.8 Å². The molecule has 2 aliphatic rings. The molecule has 22 nitrogen and oxygen atoms in total. The van der Waals surface area contributed by atoms with Gasteiger partial charge in [0.25, 0.3) is 5.91 Å². The number of phosphoric acid groups is 1. The number of nitrogens with two attached hydrogens (primary N) is 1. The number of ether oxygens (including phenoxy) is 6. The van der Waals surface area contributed by atoms with Gasteiger partial charge in [-0.05, 0) is 74.5 Å². The lowest BCUT2D eigenvalue weighted by molar-refractivity contribution is -0.0204. The molecule has 0 radical (unpaired) electrons. The van der Waals surface area contributed by atoms with Crippen LogP contribution < -0.4 is 15.8 Å². The van der Waals surface area contributed by atoms with Crippen LogP contribution in [0.2, 0.25) is 0 Å². The van der Waals surface area contributed by atoms with Crippen LogP contribution in [0.25, 0.3) is 0 Å². The Morgan fingerprint density at radius 3 is 1.93 bits per heavy atom. The van der Waals surface area contributed by atoms with E-state index in [0.29, 0.717) is 87.9 Å². The number of carbonyl (C=O) groups excluding carboxylic acids is 2. The first-order valence-corrected chi connectivity index (χ1v) is 29.2. The Kier molecular flexibility index (Phi) is 24.8. The zero-order valence-electron chi connectivity index (χ0n) is 41.6. The van der Waals surface area contributed by atoms with Crippen LogP contribution in [-0.2, 0) is 65.6 Å². The van der Waals surface area contributed by atoms with E-state index >= 15 is 0 Å². The van der Waals surface area contributed by atoms with Crippen molar-refractivity contribution < 1.29 is 94.3 Å². The molecule has 0 aliphatic carbocycles. The lowest BCUT2D eigenvalue weighted by Crippen LogP contribution is -2.33. The van der Waals surface area contributed by atoms with Gasteiger partial charge in [0.1, 0.15) is 29.1 Å². The summed E-state index contributed by atoms with van der Waals surface area (Å²) >= 11 is 0. The highest BCUT2D eigenvalue weighted by molar-refractivity contribution is 7.53. The third-order valence-electron chi connectivity index (χ3n) is 12.0. The Hall–Kier alpha value is -3.79. The fourth-order valence-corrected chi connectivity index (χ4v) is 10.2. The summed E-state index contributed by atoms with van der Waals surface area (Å²) in [4.78, 5) is 47.0. The summed E-state index contributed by atoms with van der Waals surface area (Å²) in [6.07, 6.45) is 3.24. The molecule has 3 aromatic carbocycles. The number of hydrogen-bond donors (Lipinski definition) is 6. The molecule has 0 bridgehead atoms. The molecule has 0 aromatic heterocycles. The number of phenolic OH excluding ortho intramolecular Hbond substituents is 2. The Labute approximate surface area is 426 Å². The number of carbonyl (C=O) groups is 2. The predicted molar refractivity (Wildman–Crippen MR) is 267 cm³/mol. The lowest BCUT2D eigenvalue weighted by atomic mass is 9.77. The molecule has 0 saturated heterocycles. The fraction of sp³-hybridized carbons (Fsp3) is 0.583. The molecule has 5 atom stereocenters. The van der Waals surface area contributed by atoms with Gasteiger partial charge >= 0.3 is 29.6 Å². The second kappa shape index (κ2) is 30.1. The molecule has 2 heterocycles. The molecule has 5 unspecified atom stereocenters. The zero-order chi connectivity index (χ0) is 52.9. The number of phosphoric ester groups is 1. The lowest BCUT2D eigenvalue weighted by Gasteiger charge is -2.36. The molecule has 25 heteroatoms. The second-order valence-corrected chi connectivity index (χ2v) is 21.7. The van der Waals surface area contributed by atoms with Crippen molar-refractivity contribution in [1.29, 1.82) is 0 Å². The predicted octanol–water partition coefficient (Wildman–Crippen LogP) is 7.18. The van der Waals surface area contributed by atoms with Crippen LogP contribution in [-0.4, -0.2) is 137 Å². The summed E-state index contributed by atoms with van der Waals surface area (Å²) in [5.74, 6) is -1.18. The molecule has 2 aliphatic heterocycles. The minimum absolute atomic E-state index is 0.0146. The van der Waals surface area contributed by atoms with Gasteiger partial charge in [0.2, 0.25) is 0 Å². The first kappa shape index (κ1) is 60.1. The summed E-state index contributed by atoms with van der Waals surface area (Å²) in [5, 5.41) is 23.3. The van der Waals surface area contributed by atoms with E-state index in [1.54, 1.807) is 24.3 Å². The van der Waals surface area contributed by atoms with E-state index in [0.717, 1.165) is 19.3 Å². The molecule has 7 N–H and O–H groups in total. The fourth-order valence-electron chi connectivity index (χ4n) is 8.01. The van der Waals surface area contributed by atoms with Crippen LogP contribution in [0.1, 0.15) is 96.2 Å². The molecule has 3 aromatic rings. The van der Waals surface area contributed by atoms with Gasteiger partial charge in [-0.25, -0.2) is 9.36 Å². The minimum atomic E-state index is -4.48. The van der Waals surface area contributed by atoms with Crippen molar-refractivity contribution in [3.05, 3.63) is 82.4 Å². The first-order chi connectivity index (χ1) is 35.0. The summed E-state index contributed by atoms with van der Waals surface area (Å²) in [6, 6.07) is 13.5. The van der Waals surface area contributed by atoms with Crippen LogP contribution in [0.5, 0.6) is 23.0 Å². The molecule has 73 heavy (non-hydrogen) atoms. The number of phenols is 2. The number of hydrogen-bond acceptors (Lipinski definition) is 19. The summed E-state index contributed by atoms with van der Waals surface area (Å²) < 4.78 is 98.7. The number of amides is 1. The summed E-state index contributed by atoms with van der Waals surface area (Å²) in [5.41, 5.74) is 5.59. The van der Waals surface area contributed by atoms with Gasteiger partial charge in [0, 0.05) is 60.1 Å². The molecule has 1 spiro atoms.